The molecule has 0 atom stereocenters. The standard InChI is InChI=1S/C27H26ClFN4O3/c1-35-27(34)19-6-5-18-13-22(30-24(18)14-19)16-32-9-11-33(12-10-32)25-3-2-4-26(31-25)36-17-20-7-8-21(28)15-23(20)29/h2-8,13-15,30H,9-12,16-17H2,1H3. The molecular formula is C27H26ClFN4O3. The molecule has 0 radical (unpaired) electrons. The lowest BCUT2D eigenvalue weighted by atomic mass is 10.1. The van der Waals surface area contributed by atoms with E-state index in [0.29, 0.717) is 22.0 Å². The largest absolute Gasteiger partial charge is 0.473 e. The second kappa shape index (κ2) is 10.6. The molecule has 1 saturated heterocycles. The van der Waals surface area contributed by atoms with Gasteiger partial charge in [0.15, 0.2) is 0 Å². The number of pyridine rings is 1. The molecule has 36 heavy (non-hydrogen) atoms. The fourth-order valence-electron chi connectivity index (χ4n) is 4.34. The third kappa shape index (κ3) is 5.45. The minimum Gasteiger partial charge on any atom is -0.473 e. The predicted octanol–water partition coefficient (Wildman–Crippen LogP) is 5.04. The van der Waals surface area contributed by atoms with Gasteiger partial charge in [-0.2, -0.15) is 4.98 Å². The smallest absolute Gasteiger partial charge is 0.337 e. The Morgan fingerprint density at radius 3 is 2.69 bits per heavy atom. The molecule has 2 aromatic carbocycles. The first-order chi connectivity index (χ1) is 17.5. The first-order valence-corrected chi connectivity index (χ1v) is 12.1. The number of esters is 1. The van der Waals surface area contributed by atoms with E-state index in [9.17, 15) is 9.18 Å². The number of aromatic amines is 1. The Labute approximate surface area is 213 Å². The van der Waals surface area contributed by atoms with E-state index >= 15 is 0 Å². The summed E-state index contributed by atoms with van der Waals surface area (Å²) >= 11 is 5.82. The van der Waals surface area contributed by atoms with Crippen LogP contribution in [0.5, 0.6) is 5.88 Å². The minimum absolute atomic E-state index is 0.0822. The summed E-state index contributed by atoms with van der Waals surface area (Å²) in [6, 6.07) is 17.8. The second-order valence-corrected chi connectivity index (χ2v) is 9.15. The zero-order valence-corrected chi connectivity index (χ0v) is 20.6. The van der Waals surface area contributed by atoms with Crippen molar-refractivity contribution in [3.05, 3.63) is 88.3 Å². The number of carbonyl (C=O) groups is 1. The Morgan fingerprint density at radius 1 is 1.08 bits per heavy atom. The third-order valence-corrected chi connectivity index (χ3v) is 6.52. The Morgan fingerprint density at radius 2 is 1.92 bits per heavy atom. The van der Waals surface area contributed by atoms with Crippen molar-refractivity contribution in [3.8, 4) is 5.88 Å². The van der Waals surface area contributed by atoms with Gasteiger partial charge in [0, 0.05) is 60.6 Å². The molecular weight excluding hydrogens is 483 g/mol. The monoisotopic (exact) mass is 508 g/mol. The number of fused-ring (bicyclic) bond motifs is 1. The lowest BCUT2D eigenvalue weighted by Gasteiger charge is -2.35. The third-order valence-electron chi connectivity index (χ3n) is 6.29. The van der Waals surface area contributed by atoms with Crippen LogP contribution in [0.4, 0.5) is 10.2 Å². The predicted molar refractivity (Wildman–Crippen MR) is 137 cm³/mol. The van der Waals surface area contributed by atoms with Crippen LogP contribution >= 0.6 is 11.6 Å². The van der Waals surface area contributed by atoms with Crippen LogP contribution < -0.4 is 9.64 Å². The summed E-state index contributed by atoms with van der Waals surface area (Å²) in [5.41, 5.74) is 2.98. The maximum Gasteiger partial charge on any atom is 0.337 e. The number of nitrogens with one attached hydrogen (secondary N) is 1. The summed E-state index contributed by atoms with van der Waals surface area (Å²) < 4.78 is 24.6. The Hall–Kier alpha value is -3.62. The summed E-state index contributed by atoms with van der Waals surface area (Å²) in [4.78, 5) is 24.4. The van der Waals surface area contributed by atoms with Crippen molar-refractivity contribution in [1.82, 2.24) is 14.9 Å². The molecule has 0 unspecified atom stereocenters. The van der Waals surface area contributed by atoms with Crippen LogP contribution in [0, 0.1) is 5.82 Å². The van der Waals surface area contributed by atoms with Gasteiger partial charge in [-0.1, -0.05) is 29.8 Å². The fraction of sp³-hybridized carbons (Fsp3) is 0.259. The van der Waals surface area contributed by atoms with Crippen LogP contribution in [0.3, 0.4) is 0 Å². The summed E-state index contributed by atoms with van der Waals surface area (Å²) in [5, 5.41) is 1.42. The lowest BCUT2D eigenvalue weighted by molar-refractivity contribution is 0.0601. The number of rotatable bonds is 7. The number of piperazine rings is 1. The summed E-state index contributed by atoms with van der Waals surface area (Å²) in [7, 11) is 1.38. The molecule has 0 amide bonds. The highest BCUT2D eigenvalue weighted by Gasteiger charge is 2.19. The van der Waals surface area contributed by atoms with Crippen molar-refractivity contribution in [2.24, 2.45) is 0 Å². The number of hydrogen-bond donors (Lipinski definition) is 1. The number of halogens is 2. The van der Waals surface area contributed by atoms with Crippen molar-refractivity contribution >= 4 is 34.3 Å². The maximum atomic E-state index is 14.0. The van der Waals surface area contributed by atoms with Gasteiger partial charge in [-0.05, 0) is 41.8 Å². The van der Waals surface area contributed by atoms with Gasteiger partial charge in [0.2, 0.25) is 5.88 Å². The number of ether oxygens (including phenoxy) is 2. The molecule has 2 aromatic heterocycles. The molecule has 0 bridgehead atoms. The Kier molecular flexibility index (Phi) is 7.06. The topological polar surface area (TPSA) is 70.7 Å². The number of anilines is 1. The SMILES string of the molecule is COC(=O)c1ccc2cc(CN3CCN(c4cccc(OCc5ccc(Cl)cc5F)n4)CC3)[nH]c2c1. The van der Waals surface area contributed by atoms with Crippen LogP contribution in [0.25, 0.3) is 10.9 Å². The number of hydrogen-bond acceptors (Lipinski definition) is 6. The molecule has 0 aliphatic carbocycles. The van der Waals surface area contributed by atoms with Gasteiger partial charge in [-0.15, -0.1) is 0 Å². The van der Waals surface area contributed by atoms with E-state index in [-0.39, 0.29) is 12.6 Å². The van der Waals surface area contributed by atoms with Gasteiger partial charge < -0.3 is 19.4 Å². The summed E-state index contributed by atoms with van der Waals surface area (Å²) in [5.74, 6) is 0.552. The van der Waals surface area contributed by atoms with Gasteiger partial charge in [0.05, 0.1) is 12.7 Å². The molecule has 1 N–H and O–H groups in total. The molecule has 0 spiro atoms. The number of carbonyl (C=O) groups excluding carboxylic acids is 1. The summed E-state index contributed by atoms with van der Waals surface area (Å²) in [6.45, 7) is 4.29. The second-order valence-electron chi connectivity index (χ2n) is 8.71. The highest BCUT2D eigenvalue weighted by atomic mass is 35.5. The highest BCUT2D eigenvalue weighted by Crippen LogP contribution is 2.22. The number of aromatic nitrogens is 2. The molecule has 1 aliphatic heterocycles. The normalized spacial score (nSPS) is 14.2. The number of nitrogens with zero attached hydrogens (tertiary/aromatic N) is 3. The molecule has 1 aliphatic rings. The van der Waals surface area contributed by atoms with Crippen molar-refractivity contribution in [2.75, 3.05) is 38.2 Å². The molecule has 7 nitrogen and oxygen atoms in total. The summed E-state index contributed by atoms with van der Waals surface area (Å²) in [6.07, 6.45) is 0. The molecule has 1 fully saturated rings. The number of methoxy groups -OCH3 is 1. The maximum absolute atomic E-state index is 14.0. The van der Waals surface area contributed by atoms with Crippen molar-refractivity contribution in [2.45, 2.75) is 13.2 Å². The van der Waals surface area contributed by atoms with Gasteiger partial charge in [0.1, 0.15) is 18.2 Å². The molecule has 5 rings (SSSR count). The van der Waals surface area contributed by atoms with Gasteiger partial charge in [0.25, 0.3) is 0 Å². The van der Waals surface area contributed by atoms with E-state index < -0.39 is 5.82 Å². The molecule has 3 heterocycles. The van der Waals surface area contributed by atoms with Crippen LogP contribution in [-0.2, 0) is 17.9 Å². The zero-order chi connectivity index (χ0) is 25.1. The quantitative estimate of drug-likeness (QED) is 0.353. The minimum atomic E-state index is -0.395. The highest BCUT2D eigenvalue weighted by molar-refractivity contribution is 6.30. The number of benzene rings is 2. The molecule has 4 aromatic rings. The van der Waals surface area contributed by atoms with E-state index in [1.807, 2.05) is 24.3 Å². The van der Waals surface area contributed by atoms with Gasteiger partial charge in [-0.3, -0.25) is 4.90 Å². The molecule has 0 saturated carbocycles. The van der Waals surface area contributed by atoms with Crippen LogP contribution in [0.1, 0.15) is 21.6 Å². The average molecular weight is 509 g/mol. The Bertz CT molecular complexity index is 1380. The number of H-pyrrole nitrogens is 1. The zero-order valence-electron chi connectivity index (χ0n) is 19.8. The van der Waals surface area contributed by atoms with E-state index in [2.05, 4.69) is 25.8 Å². The van der Waals surface area contributed by atoms with Crippen LogP contribution in [0.15, 0.2) is 60.7 Å². The van der Waals surface area contributed by atoms with Crippen molar-refractivity contribution in [1.29, 1.82) is 0 Å². The van der Waals surface area contributed by atoms with E-state index in [1.54, 1.807) is 24.3 Å². The van der Waals surface area contributed by atoms with Gasteiger partial charge in [-0.25, -0.2) is 9.18 Å². The van der Waals surface area contributed by atoms with Crippen LogP contribution in [-0.4, -0.2) is 54.1 Å². The average Bonchev–Trinajstić information content (AvgIpc) is 3.30. The van der Waals surface area contributed by atoms with Gasteiger partial charge >= 0.3 is 5.97 Å². The lowest BCUT2D eigenvalue weighted by Crippen LogP contribution is -2.46. The van der Waals surface area contributed by atoms with Crippen molar-refractivity contribution < 1.29 is 18.7 Å². The van der Waals surface area contributed by atoms with E-state index in [4.69, 9.17) is 21.1 Å². The van der Waals surface area contributed by atoms with Crippen molar-refractivity contribution in [3.63, 3.8) is 0 Å². The first kappa shape index (κ1) is 24.1. The van der Waals surface area contributed by atoms with E-state index in [1.165, 1.54) is 13.2 Å². The first-order valence-electron chi connectivity index (χ1n) is 11.7. The molecule has 186 valence electrons. The fourth-order valence-corrected chi connectivity index (χ4v) is 4.50. The Balaban J connectivity index is 1.17. The van der Waals surface area contributed by atoms with E-state index in [0.717, 1.165) is 55.1 Å². The van der Waals surface area contributed by atoms with Crippen LogP contribution in [0.2, 0.25) is 5.02 Å². The molecule has 9 heteroatoms.